The number of hydrogen-bond donors (Lipinski definition) is 0. The number of ether oxygens (including phenoxy) is 3. The maximum atomic E-state index is 12.8. The summed E-state index contributed by atoms with van der Waals surface area (Å²) >= 11 is 0. The van der Waals surface area contributed by atoms with Crippen LogP contribution in [0.25, 0.3) is 0 Å². The molecule has 1 unspecified atom stereocenters. The Balaban J connectivity index is 4.32. The number of unbranched alkanes of at least 4 members (excludes halogenated alkanes) is 22. The summed E-state index contributed by atoms with van der Waals surface area (Å²) in [7, 11) is 0. The molecule has 0 aliphatic carbocycles. The maximum Gasteiger partial charge on any atom is 0.306 e. The van der Waals surface area contributed by atoms with Crippen LogP contribution in [0.4, 0.5) is 0 Å². The monoisotopic (exact) mass is 931 g/mol. The molecule has 0 aromatic rings. The molecule has 0 aliphatic rings. The Morgan fingerprint density at radius 3 is 0.940 bits per heavy atom. The summed E-state index contributed by atoms with van der Waals surface area (Å²) in [6.07, 6.45) is 72.7. The average molecular weight is 931 g/mol. The molecule has 382 valence electrons. The Morgan fingerprint density at radius 2 is 0.582 bits per heavy atom. The molecule has 1 atom stereocenters. The molecule has 0 aromatic heterocycles. The summed E-state index contributed by atoms with van der Waals surface area (Å²) in [5.74, 6) is -0.949. The lowest BCUT2D eigenvalue weighted by Gasteiger charge is -2.18. The molecule has 6 nitrogen and oxygen atoms in total. The zero-order valence-corrected chi connectivity index (χ0v) is 43.6. The van der Waals surface area contributed by atoms with Gasteiger partial charge in [0.25, 0.3) is 0 Å². The maximum absolute atomic E-state index is 12.8. The van der Waals surface area contributed by atoms with E-state index in [0.717, 1.165) is 103 Å². The van der Waals surface area contributed by atoms with E-state index in [1.165, 1.54) is 109 Å². The molecule has 0 spiro atoms. The molecule has 0 aromatic carbocycles. The van der Waals surface area contributed by atoms with E-state index >= 15 is 0 Å². The first-order valence-corrected chi connectivity index (χ1v) is 27.7. The van der Waals surface area contributed by atoms with Crippen molar-refractivity contribution in [1.82, 2.24) is 0 Å². The van der Waals surface area contributed by atoms with Crippen molar-refractivity contribution in [2.75, 3.05) is 13.2 Å². The predicted molar refractivity (Wildman–Crippen MR) is 288 cm³/mol. The Kier molecular flexibility index (Phi) is 51.9. The smallest absolute Gasteiger partial charge is 0.306 e. The third-order valence-electron chi connectivity index (χ3n) is 11.6. The van der Waals surface area contributed by atoms with Crippen LogP contribution < -0.4 is 0 Å². The summed E-state index contributed by atoms with van der Waals surface area (Å²) in [5.41, 5.74) is 0. The molecule has 0 saturated heterocycles. The van der Waals surface area contributed by atoms with Gasteiger partial charge in [0, 0.05) is 19.3 Å². The van der Waals surface area contributed by atoms with E-state index in [4.69, 9.17) is 14.2 Å². The van der Waals surface area contributed by atoms with Crippen LogP contribution in [-0.2, 0) is 28.6 Å². The quantitative estimate of drug-likeness (QED) is 0.0262. The molecule has 0 saturated carbocycles. The summed E-state index contributed by atoms with van der Waals surface area (Å²) in [6, 6.07) is 0. The zero-order valence-electron chi connectivity index (χ0n) is 43.6. The van der Waals surface area contributed by atoms with Crippen molar-refractivity contribution in [1.29, 1.82) is 0 Å². The minimum atomic E-state index is -0.796. The number of hydrogen-bond acceptors (Lipinski definition) is 6. The molecule has 67 heavy (non-hydrogen) atoms. The van der Waals surface area contributed by atoms with Crippen molar-refractivity contribution in [3.05, 3.63) is 97.2 Å². The topological polar surface area (TPSA) is 78.9 Å². The first-order chi connectivity index (χ1) is 33.0. The Morgan fingerprint density at radius 1 is 0.313 bits per heavy atom. The van der Waals surface area contributed by atoms with E-state index in [1.54, 1.807) is 0 Å². The second-order valence-electron chi connectivity index (χ2n) is 18.1. The fraction of sp³-hybridized carbons (Fsp3) is 0.689. The van der Waals surface area contributed by atoms with Gasteiger partial charge < -0.3 is 14.2 Å². The Bertz CT molecular complexity index is 1350. The number of carbonyl (C=O) groups excluding carboxylic acids is 3. The molecule has 0 amide bonds. The number of carbonyl (C=O) groups is 3. The van der Waals surface area contributed by atoms with Crippen LogP contribution in [0.3, 0.4) is 0 Å². The fourth-order valence-corrected chi connectivity index (χ4v) is 7.42. The van der Waals surface area contributed by atoms with Gasteiger partial charge in [-0.1, -0.05) is 227 Å². The number of allylic oxidation sites excluding steroid dienone is 16. The average Bonchev–Trinajstić information content (AvgIpc) is 3.33. The molecular formula is C61H102O6. The van der Waals surface area contributed by atoms with Crippen molar-refractivity contribution < 1.29 is 28.6 Å². The Labute approximate surface area is 413 Å². The summed E-state index contributed by atoms with van der Waals surface area (Å²) < 4.78 is 16.7. The first kappa shape index (κ1) is 63.3. The molecule has 0 N–H and O–H groups in total. The van der Waals surface area contributed by atoms with E-state index in [2.05, 4.69) is 118 Å². The molecule has 0 fully saturated rings. The van der Waals surface area contributed by atoms with Gasteiger partial charge in [-0.25, -0.2) is 0 Å². The van der Waals surface area contributed by atoms with E-state index in [9.17, 15) is 14.4 Å². The van der Waals surface area contributed by atoms with Gasteiger partial charge in [0.1, 0.15) is 13.2 Å². The largest absolute Gasteiger partial charge is 0.462 e. The molecule has 0 aliphatic heterocycles. The highest BCUT2D eigenvalue weighted by molar-refractivity contribution is 5.71. The van der Waals surface area contributed by atoms with Gasteiger partial charge >= 0.3 is 17.9 Å². The van der Waals surface area contributed by atoms with Gasteiger partial charge in [0.2, 0.25) is 0 Å². The van der Waals surface area contributed by atoms with Crippen molar-refractivity contribution in [3.63, 3.8) is 0 Å². The van der Waals surface area contributed by atoms with Crippen molar-refractivity contribution in [3.8, 4) is 0 Å². The zero-order chi connectivity index (χ0) is 48.6. The van der Waals surface area contributed by atoms with Gasteiger partial charge in [0.15, 0.2) is 6.10 Å². The SMILES string of the molecule is CC/C=C\C/C=C\C/C=C\C/C=C\C/C=C\C/C=C\CCCCC(=O)OCC(COC(=O)CCCCCCCCC)OC(=O)CCCCCCCCCCC/C=C\C/C=C\CCCCCCC. The number of esters is 3. The van der Waals surface area contributed by atoms with Gasteiger partial charge in [-0.2, -0.15) is 0 Å². The second-order valence-corrected chi connectivity index (χ2v) is 18.1. The van der Waals surface area contributed by atoms with Gasteiger partial charge in [-0.3, -0.25) is 14.4 Å². The third kappa shape index (κ3) is 53.2. The predicted octanol–water partition coefficient (Wildman–Crippen LogP) is 18.5. The highest BCUT2D eigenvalue weighted by atomic mass is 16.6. The van der Waals surface area contributed by atoms with Gasteiger partial charge in [-0.15, -0.1) is 0 Å². The van der Waals surface area contributed by atoms with Gasteiger partial charge in [0.05, 0.1) is 0 Å². The van der Waals surface area contributed by atoms with Crippen molar-refractivity contribution in [2.45, 2.75) is 258 Å². The minimum absolute atomic E-state index is 0.0933. The summed E-state index contributed by atoms with van der Waals surface area (Å²) in [4.78, 5) is 37.9. The summed E-state index contributed by atoms with van der Waals surface area (Å²) in [5, 5.41) is 0. The molecule has 0 rings (SSSR count). The standard InChI is InChI=1S/C61H102O6/c1-4-7-10-13-16-18-20-22-24-26-28-30-32-34-36-38-40-42-45-48-51-54-60(63)66-57-58(56-65-59(62)53-50-47-44-15-12-9-6-3)67-61(64)55-52-49-46-43-41-39-37-35-33-31-29-27-25-23-21-19-17-14-11-8-5-2/h7,10,16,18,21-24,27-30,34,36,40,42,58H,4-6,8-9,11-15,17,19-20,25-26,31-33,35,37-39,41,43-57H2,1-3H3/b10-7-,18-16-,23-21-,24-22-,29-27-,30-28-,36-34-,42-40-. The van der Waals surface area contributed by atoms with Crippen LogP contribution in [0.15, 0.2) is 97.2 Å². The van der Waals surface area contributed by atoms with Crippen molar-refractivity contribution >= 4 is 17.9 Å². The second kappa shape index (κ2) is 54.9. The van der Waals surface area contributed by atoms with E-state index in [1.807, 2.05) is 0 Å². The molecular weight excluding hydrogens is 829 g/mol. The Hall–Kier alpha value is -3.67. The van der Waals surface area contributed by atoms with Crippen LogP contribution in [-0.4, -0.2) is 37.2 Å². The highest BCUT2D eigenvalue weighted by Crippen LogP contribution is 2.14. The molecule has 0 heterocycles. The van der Waals surface area contributed by atoms with Crippen LogP contribution in [0.2, 0.25) is 0 Å². The minimum Gasteiger partial charge on any atom is -0.462 e. The molecule has 0 bridgehead atoms. The normalized spacial score (nSPS) is 12.8. The van der Waals surface area contributed by atoms with Crippen LogP contribution in [0.1, 0.15) is 252 Å². The van der Waals surface area contributed by atoms with Crippen LogP contribution in [0, 0.1) is 0 Å². The van der Waals surface area contributed by atoms with Crippen molar-refractivity contribution in [2.24, 2.45) is 0 Å². The summed E-state index contributed by atoms with van der Waals surface area (Å²) in [6.45, 7) is 6.43. The van der Waals surface area contributed by atoms with E-state index in [-0.39, 0.29) is 31.1 Å². The molecule has 6 heteroatoms. The third-order valence-corrected chi connectivity index (χ3v) is 11.6. The van der Waals surface area contributed by atoms with E-state index < -0.39 is 6.10 Å². The lowest BCUT2D eigenvalue weighted by molar-refractivity contribution is -0.167. The molecule has 0 radical (unpaired) electrons. The highest BCUT2D eigenvalue weighted by Gasteiger charge is 2.19. The van der Waals surface area contributed by atoms with E-state index in [0.29, 0.717) is 19.3 Å². The first-order valence-electron chi connectivity index (χ1n) is 27.7. The lowest BCUT2D eigenvalue weighted by Crippen LogP contribution is -2.30. The van der Waals surface area contributed by atoms with Crippen LogP contribution >= 0.6 is 0 Å². The van der Waals surface area contributed by atoms with Gasteiger partial charge in [-0.05, 0) is 103 Å². The lowest BCUT2D eigenvalue weighted by atomic mass is 10.1. The number of rotatable bonds is 49. The fourth-order valence-electron chi connectivity index (χ4n) is 7.42. The van der Waals surface area contributed by atoms with Crippen LogP contribution in [0.5, 0.6) is 0 Å².